The van der Waals surface area contributed by atoms with Crippen LogP contribution in [0.25, 0.3) is 0 Å². The van der Waals surface area contributed by atoms with Crippen LogP contribution in [-0.4, -0.2) is 73.0 Å². The molecule has 22 heavy (non-hydrogen) atoms. The van der Waals surface area contributed by atoms with Crippen LogP contribution in [0.2, 0.25) is 0 Å². The minimum Gasteiger partial charge on any atom is -0.381 e. The lowest BCUT2D eigenvalue weighted by atomic mass is 10.4. The number of sulfone groups is 1. The van der Waals surface area contributed by atoms with Crippen LogP contribution in [0.5, 0.6) is 0 Å². The first-order valence-corrected chi connectivity index (χ1v) is 9.85. The van der Waals surface area contributed by atoms with Crippen LogP contribution in [0.3, 0.4) is 0 Å². The normalized spacial score (nSPS) is 15.8. The topological polar surface area (TPSA) is 89.0 Å². The van der Waals surface area contributed by atoms with Crippen molar-refractivity contribution in [3.63, 3.8) is 0 Å². The minimum absolute atomic E-state index is 0.0564. The Bertz CT molecular complexity index is 422. The molecular formula is C14H29N3O4S. The van der Waals surface area contributed by atoms with Gasteiger partial charge >= 0.3 is 0 Å². The summed E-state index contributed by atoms with van der Waals surface area (Å²) in [5, 5.41) is 6.31. The van der Waals surface area contributed by atoms with E-state index in [0.717, 1.165) is 32.1 Å². The van der Waals surface area contributed by atoms with E-state index in [1.165, 1.54) is 19.1 Å². The smallest absolute Gasteiger partial charge is 0.191 e. The highest BCUT2D eigenvalue weighted by atomic mass is 32.2. The van der Waals surface area contributed by atoms with E-state index in [9.17, 15) is 8.42 Å². The van der Waals surface area contributed by atoms with E-state index < -0.39 is 9.84 Å². The van der Waals surface area contributed by atoms with Gasteiger partial charge < -0.3 is 20.1 Å². The average molecular weight is 335 g/mol. The van der Waals surface area contributed by atoms with Crippen LogP contribution in [0, 0.1) is 5.92 Å². The van der Waals surface area contributed by atoms with Gasteiger partial charge in [-0.2, -0.15) is 0 Å². The van der Waals surface area contributed by atoms with Crippen molar-refractivity contribution in [2.45, 2.75) is 19.3 Å². The molecule has 0 aromatic rings. The second-order valence-electron chi connectivity index (χ2n) is 5.54. The van der Waals surface area contributed by atoms with Crippen molar-refractivity contribution >= 4 is 15.8 Å². The fourth-order valence-corrected chi connectivity index (χ4v) is 2.11. The van der Waals surface area contributed by atoms with Crippen LogP contribution in [0.15, 0.2) is 4.99 Å². The van der Waals surface area contributed by atoms with Gasteiger partial charge in [0, 0.05) is 39.6 Å². The molecule has 0 aromatic heterocycles. The highest BCUT2D eigenvalue weighted by molar-refractivity contribution is 7.90. The largest absolute Gasteiger partial charge is 0.381 e. The first kappa shape index (κ1) is 19.2. The third-order valence-corrected chi connectivity index (χ3v) is 4.08. The Balaban J connectivity index is 1.90. The van der Waals surface area contributed by atoms with Crippen LogP contribution in [-0.2, 0) is 19.3 Å². The molecule has 1 saturated carbocycles. The van der Waals surface area contributed by atoms with Crippen LogP contribution in [0.4, 0.5) is 0 Å². The maximum atomic E-state index is 10.9. The van der Waals surface area contributed by atoms with E-state index in [4.69, 9.17) is 9.47 Å². The number of nitrogens with zero attached hydrogens (tertiary/aromatic N) is 1. The summed E-state index contributed by atoms with van der Waals surface area (Å²) in [6.45, 7) is 3.74. The Hall–Kier alpha value is -0.860. The molecule has 0 spiro atoms. The number of aliphatic imine (C=N–C) groups is 1. The van der Waals surface area contributed by atoms with Gasteiger partial charge in [0.25, 0.3) is 0 Å². The third-order valence-electron chi connectivity index (χ3n) is 3.17. The van der Waals surface area contributed by atoms with Gasteiger partial charge in [0.1, 0.15) is 9.84 Å². The Morgan fingerprint density at radius 1 is 1.14 bits per heavy atom. The first-order valence-electron chi connectivity index (χ1n) is 7.79. The van der Waals surface area contributed by atoms with Crippen LogP contribution >= 0.6 is 0 Å². The summed E-state index contributed by atoms with van der Waals surface area (Å²) in [6.07, 6.45) is 4.79. The maximum absolute atomic E-state index is 10.9. The summed E-state index contributed by atoms with van der Waals surface area (Å²) in [7, 11) is -1.24. The second-order valence-corrected chi connectivity index (χ2v) is 7.80. The number of rotatable bonds is 12. The fourth-order valence-electron chi connectivity index (χ4n) is 1.69. The minimum atomic E-state index is -2.95. The zero-order valence-corrected chi connectivity index (χ0v) is 14.5. The van der Waals surface area contributed by atoms with Gasteiger partial charge in [0.15, 0.2) is 5.96 Å². The second kappa shape index (κ2) is 10.8. The number of nitrogens with one attached hydrogen (secondary N) is 2. The van der Waals surface area contributed by atoms with E-state index in [0.29, 0.717) is 19.1 Å². The van der Waals surface area contributed by atoms with Crippen molar-refractivity contribution in [1.29, 1.82) is 0 Å². The summed E-state index contributed by atoms with van der Waals surface area (Å²) < 4.78 is 32.6. The Morgan fingerprint density at radius 3 is 2.50 bits per heavy atom. The zero-order chi connectivity index (χ0) is 16.3. The number of guanidine groups is 1. The van der Waals surface area contributed by atoms with Crippen LogP contribution < -0.4 is 10.6 Å². The van der Waals surface area contributed by atoms with Crippen molar-refractivity contribution in [3.05, 3.63) is 0 Å². The van der Waals surface area contributed by atoms with Gasteiger partial charge in [-0.15, -0.1) is 0 Å². The van der Waals surface area contributed by atoms with E-state index in [1.807, 2.05) is 0 Å². The molecule has 0 atom stereocenters. The van der Waals surface area contributed by atoms with Crippen molar-refractivity contribution in [1.82, 2.24) is 10.6 Å². The van der Waals surface area contributed by atoms with Crippen molar-refractivity contribution in [3.8, 4) is 0 Å². The van der Waals surface area contributed by atoms with Gasteiger partial charge in [-0.05, 0) is 25.2 Å². The molecule has 1 aliphatic rings. The number of hydrogen-bond acceptors (Lipinski definition) is 5. The van der Waals surface area contributed by atoms with E-state index in [-0.39, 0.29) is 12.4 Å². The molecule has 0 unspecified atom stereocenters. The quantitative estimate of drug-likeness (QED) is 0.297. The summed E-state index contributed by atoms with van der Waals surface area (Å²) in [4.78, 5) is 4.10. The number of ether oxygens (including phenoxy) is 2. The van der Waals surface area contributed by atoms with Gasteiger partial charge in [0.2, 0.25) is 0 Å². The molecule has 0 heterocycles. The highest BCUT2D eigenvalue weighted by Gasteiger charge is 2.20. The predicted molar refractivity (Wildman–Crippen MR) is 88.1 cm³/mol. The van der Waals surface area contributed by atoms with Crippen molar-refractivity contribution in [2.75, 3.05) is 58.6 Å². The molecule has 130 valence electrons. The molecule has 1 rings (SSSR count). The molecule has 2 N–H and O–H groups in total. The standard InChI is InChI=1S/C14H29N3O4S/c1-15-14(16-6-3-8-21-12-13-4-5-13)17-7-9-20-10-11-22(2,18)19/h13H,3-12H2,1-2H3,(H2,15,16,17). The molecule has 1 aliphatic carbocycles. The molecule has 0 saturated heterocycles. The average Bonchev–Trinajstić information content (AvgIpc) is 3.27. The van der Waals surface area contributed by atoms with Gasteiger partial charge in [0.05, 0.1) is 19.0 Å². The van der Waals surface area contributed by atoms with Crippen molar-refractivity contribution < 1.29 is 17.9 Å². The van der Waals surface area contributed by atoms with Gasteiger partial charge in [-0.25, -0.2) is 8.42 Å². The lowest BCUT2D eigenvalue weighted by molar-refractivity contribution is 0.123. The molecule has 0 aromatic carbocycles. The predicted octanol–water partition coefficient (Wildman–Crippen LogP) is 0.0293. The molecule has 0 radical (unpaired) electrons. The van der Waals surface area contributed by atoms with Crippen LogP contribution in [0.1, 0.15) is 19.3 Å². The number of hydrogen-bond donors (Lipinski definition) is 2. The Kier molecular flexibility index (Phi) is 9.42. The Labute approximate surface area is 133 Å². The monoisotopic (exact) mass is 335 g/mol. The molecule has 0 bridgehead atoms. The third kappa shape index (κ3) is 11.8. The maximum Gasteiger partial charge on any atom is 0.191 e. The molecule has 8 heteroatoms. The lowest BCUT2D eigenvalue weighted by Gasteiger charge is -2.12. The zero-order valence-electron chi connectivity index (χ0n) is 13.6. The van der Waals surface area contributed by atoms with Gasteiger partial charge in [-0.3, -0.25) is 4.99 Å². The molecule has 0 amide bonds. The first-order chi connectivity index (χ1) is 10.5. The fraction of sp³-hybridized carbons (Fsp3) is 0.929. The summed E-state index contributed by atoms with van der Waals surface area (Å²) in [5.41, 5.74) is 0. The molecule has 7 nitrogen and oxygen atoms in total. The van der Waals surface area contributed by atoms with E-state index >= 15 is 0 Å². The summed E-state index contributed by atoms with van der Waals surface area (Å²) >= 11 is 0. The highest BCUT2D eigenvalue weighted by Crippen LogP contribution is 2.28. The molecule has 0 aliphatic heterocycles. The molecular weight excluding hydrogens is 306 g/mol. The summed E-state index contributed by atoms with van der Waals surface area (Å²) in [5.74, 6) is 1.58. The summed E-state index contributed by atoms with van der Waals surface area (Å²) in [6, 6.07) is 0. The van der Waals surface area contributed by atoms with Crippen molar-refractivity contribution in [2.24, 2.45) is 10.9 Å². The lowest BCUT2D eigenvalue weighted by Crippen LogP contribution is -2.39. The van der Waals surface area contributed by atoms with E-state index in [1.54, 1.807) is 7.05 Å². The van der Waals surface area contributed by atoms with E-state index in [2.05, 4.69) is 15.6 Å². The van der Waals surface area contributed by atoms with Gasteiger partial charge in [-0.1, -0.05) is 0 Å². The SMILES string of the molecule is CN=C(NCCCOCC1CC1)NCCOCCS(C)(=O)=O. The molecule has 1 fully saturated rings. The Morgan fingerprint density at radius 2 is 1.86 bits per heavy atom.